The molecule has 0 spiro atoms. The van der Waals surface area contributed by atoms with E-state index in [0.717, 1.165) is 55.7 Å². The molecule has 0 fully saturated rings. The highest BCUT2D eigenvalue weighted by Gasteiger charge is 2.23. The molecular weight excluding hydrogens is 574 g/mol. The van der Waals surface area contributed by atoms with Gasteiger partial charge in [-0.2, -0.15) is 0 Å². The van der Waals surface area contributed by atoms with E-state index in [1.54, 1.807) is 0 Å². The van der Waals surface area contributed by atoms with E-state index in [4.69, 9.17) is 9.40 Å². The molecule has 0 saturated carbocycles. The molecular formula is C43H27N3O. The molecule has 10 aromatic rings. The first kappa shape index (κ1) is 25.9. The lowest BCUT2D eigenvalue weighted by molar-refractivity contribution is 0.669. The predicted molar refractivity (Wildman–Crippen MR) is 194 cm³/mol. The van der Waals surface area contributed by atoms with Crippen molar-refractivity contribution in [3.63, 3.8) is 0 Å². The van der Waals surface area contributed by atoms with Crippen LogP contribution in [0.2, 0.25) is 0 Å². The van der Waals surface area contributed by atoms with Gasteiger partial charge in [0.15, 0.2) is 0 Å². The molecule has 0 aliphatic rings. The Bertz CT molecular complexity index is 2730. The summed E-state index contributed by atoms with van der Waals surface area (Å²) in [6.07, 6.45) is 0. The molecule has 0 saturated heterocycles. The molecule has 0 aliphatic carbocycles. The SMILES string of the molecule is c1ccc(-c2ccc(-n3c(-c4ccc(-n5c6ccccc6c6ccccc65)c5c4oc4ccccc45)nc4ccccc43)cc2)cc1. The van der Waals surface area contributed by atoms with Crippen LogP contribution in [0.15, 0.2) is 168 Å². The second-order valence-corrected chi connectivity index (χ2v) is 12.0. The fraction of sp³-hybridized carbons (Fsp3) is 0. The van der Waals surface area contributed by atoms with Crippen LogP contribution in [0.1, 0.15) is 0 Å². The van der Waals surface area contributed by atoms with E-state index >= 15 is 0 Å². The van der Waals surface area contributed by atoms with E-state index in [-0.39, 0.29) is 0 Å². The Morgan fingerprint density at radius 2 is 1.04 bits per heavy atom. The number of hydrogen-bond acceptors (Lipinski definition) is 2. The molecule has 0 N–H and O–H groups in total. The zero-order chi connectivity index (χ0) is 30.9. The molecule has 4 heteroatoms. The average molecular weight is 602 g/mol. The molecule has 220 valence electrons. The van der Waals surface area contributed by atoms with Crippen molar-refractivity contribution in [1.29, 1.82) is 0 Å². The molecule has 0 bridgehead atoms. The molecule has 10 rings (SSSR count). The van der Waals surface area contributed by atoms with Crippen molar-refractivity contribution in [1.82, 2.24) is 14.1 Å². The number of para-hydroxylation sites is 5. The molecule has 0 amide bonds. The van der Waals surface area contributed by atoms with Crippen molar-refractivity contribution >= 4 is 54.8 Å². The maximum Gasteiger partial charge on any atom is 0.149 e. The Hall–Kier alpha value is -6.39. The summed E-state index contributed by atoms with van der Waals surface area (Å²) >= 11 is 0. The third-order valence-electron chi connectivity index (χ3n) is 9.36. The van der Waals surface area contributed by atoms with Gasteiger partial charge in [0.2, 0.25) is 0 Å². The van der Waals surface area contributed by atoms with Gasteiger partial charge in [-0.05, 0) is 65.7 Å². The van der Waals surface area contributed by atoms with Crippen LogP contribution < -0.4 is 0 Å². The molecule has 3 aromatic heterocycles. The van der Waals surface area contributed by atoms with Gasteiger partial charge in [-0.15, -0.1) is 0 Å². The Kier molecular flexibility index (Phi) is 5.54. The van der Waals surface area contributed by atoms with E-state index in [9.17, 15) is 0 Å². The predicted octanol–water partition coefficient (Wildman–Crippen LogP) is 11.4. The van der Waals surface area contributed by atoms with Crippen molar-refractivity contribution in [2.75, 3.05) is 0 Å². The van der Waals surface area contributed by atoms with Crippen LogP contribution >= 0.6 is 0 Å². The summed E-state index contributed by atoms with van der Waals surface area (Å²) in [4.78, 5) is 5.25. The van der Waals surface area contributed by atoms with Gasteiger partial charge in [0, 0.05) is 21.8 Å². The minimum atomic E-state index is 0.822. The molecule has 0 atom stereocenters. The van der Waals surface area contributed by atoms with Gasteiger partial charge in [0.05, 0.1) is 38.7 Å². The van der Waals surface area contributed by atoms with Crippen LogP contribution in [-0.2, 0) is 0 Å². The number of furan rings is 1. The van der Waals surface area contributed by atoms with Crippen molar-refractivity contribution < 1.29 is 4.42 Å². The van der Waals surface area contributed by atoms with E-state index in [1.807, 2.05) is 18.2 Å². The Balaban J connectivity index is 1.26. The number of rotatable bonds is 4. The first-order valence-electron chi connectivity index (χ1n) is 15.9. The smallest absolute Gasteiger partial charge is 0.149 e. The van der Waals surface area contributed by atoms with Crippen molar-refractivity contribution in [2.45, 2.75) is 0 Å². The van der Waals surface area contributed by atoms with Gasteiger partial charge in [-0.3, -0.25) is 4.57 Å². The van der Waals surface area contributed by atoms with E-state index in [1.165, 1.54) is 32.9 Å². The van der Waals surface area contributed by atoms with Gasteiger partial charge >= 0.3 is 0 Å². The monoisotopic (exact) mass is 601 g/mol. The van der Waals surface area contributed by atoms with Crippen LogP contribution in [0.3, 0.4) is 0 Å². The lowest BCUT2D eigenvalue weighted by Gasteiger charge is -2.14. The minimum Gasteiger partial charge on any atom is -0.455 e. The molecule has 0 unspecified atom stereocenters. The second kappa shape index (κ2) is 10.1. The molecule has 47 heavy (non-hydrogen) atoms. The van der Waals surface area contributed by atoms with Gasteiger partial charge in [-0.25, -0.2) is 4.98 Å². The summed E-state index contributed by atoms with van der Waals surface area (Å²) in [5.74, 6) is 0.844. The number of imidazole rings is 1. The lowest BCUT2D eigenvalue weighted by Crippen LogP contribution is -1.99. The van der Waals surface area contributed by atoms with Crippen molar-refractivity contribution in [2.24, 2.45) is 0 Å². The fourth-order valence-electron chi connectivity index (χ4n) is 7.26. The van der Waals surface area contributed by atoms with Crippen LogP contribution in [0.4, 0.5) is 0 Å². The molecule has 7 aromatic carbocycles. The van der Waals surface area contributed by atoms with Crippen LogP contribution in [0.25, 0.3) is 88.7 Å². The van der Waals surface area contributed by atoms with Gasteiger partial charge < -0.3 is 8.98 Å². The number of fused-ring (bicyclic) bond motifs is 7. The third-order valence-corrected chi connectivity index (χ3v) is 9.36. The van der Waals surface area contributed by atoms with Crippen molar-refractivity contribution in [3.05, 3.63) is 164 Å². The number of nitrogens with zero attached hydrogens (tertiary/aromatic N) is 3. The second-order valence-electron chi connectivity index (χ2n) is 12.0. The lowest BCUT2D eigenvalue weighted by atomic mass is 10.0. The summed E-state index contributed by atoms with van der Waals surface area (Å²) in [6, 6.07) is 57.6. The Morgan fingerprint density at radius 1 is 0.447 bits per heavy atom. The molecule has 0 radical (unpaired) electrons. The highest BCUT2D eigenvalue weighted by molar-refractivity contribution is 6.16. The number of benzene rings is 7. The zero-order valence-corrected chi connectivity index (χ0v) is 25.3. The van der Waals surface area contributed by atoms with Gasteiger partial charge in [0.25, 0.3) is 0 Å². The van der Waals surface area contributed by atoms with E-state index < -0.39 is 0 Å². The summed E-state index contributed by atoms with van der Waals surface area (Å²) < 4.78 is 11.4. The molecule has 0 aliphatic heterocycles. The summed E-state index contributed by atoms with van der Waals surface area (Å²) in [5.41, 5.74) is 11.4. The Morgan fingerprint density at radius 3 is 1.79 bits per heavy atom. The van der Waals surface area contributed by atoms with Crippen molar-refractivity contribution in [3.8, 4) is 33.9 Å². The van der Waals surface area contributed by atoms with Crippen LogP contribution in [0, 0.1) is 0 Å². The zero-order valence-electron chi connectivity index (χ0n) is 25.3. The molecule has 3 heterocycles. The average Bonchev–Trinajstić information content (AvgIpc) is 3.82. The third kappa shape index (κ3) is 3.85. The first-order valence-corrected chi connectivity index (χ1v) is 15.9. The van der Waals surface area contributed by atoms with E-state index in [2.05, 4.69) is 155 Å². The highest BCUT2D eigenvalue weighted by atomic mass is 16.3. The number of hydrogen-bond donors (Lipinski definition) is 0. The normalized spacial score (nSPS) is 11.8. The minimum absolute atomic E-state index is 0.822. The van der Waals surface area contributed by atoms with Gasteiger partial charge in [-0.1, -0.05) is 109 Å². The molecule has 4 nitrogen and oxygen atoms in total. The van der Waals surface area contributed by atoms with Crippen LogP contribution in [-0.4, -0.2) is 14.1 Å². The first-order chi connectivity index (χ1) is 23.3. The Labute approximate surface area is 270 Å². The topological polar surface area (TPSA) is 35.9 Å². The highest BCUT2D eigenvalue weighted by Crippen LogP contribution is 2.43. The summed E-state index contributed by atoms with van der Waals surface area (Å²) in [6.45, 7) is 0. The maximum atomic E-state index is 6.80. The quantitative estimate of drug-likeness (QED) is 0.201. The largest absolute Gasteiger partial charge is 0.455 e. The van der Waals surface area contributed by atoms with Crippen LogP contribution in [0.5, 0.6) is 0 Å². The number of aromatic nitrogens is 3. The maximum absolute atomic E-state index is 6.80. The van der Waals surface area contributed by atoms with Gasteiger partial charge in [0.1, 0.15) is 17.0 Å². The fourth-order valence-corrected chi connectivity index (χ4v) is 7.26. The summed E-state index contributed by atoms with van der Waals surface area (Å²) in [5, 5.41) is 4.61. The summed E-state index contributed by atoms with van der Waals surface area (Å²) in [7, 11) is 0. The standard InChI is InChI=1S/C43H27N3O/c1-2-12-28(13-3-1)29-22-24-30(25-23-29)45-38-20-10-7-17-35(38)44-43(45)34-26-27-39(41-33-16-6-11-21-40(33)47-42(34)41)46-36-18-8-4-14-31(36)32-15-5-9-19-37(32)46/h1-27H. The van der Waals surface area contributed by atoms with E-state index in [0.29, 0.717) is 0 Å².